The van der Waals surface area contributed by atoms with Gasteiger partial charge in [-0.3, -0.25) is 0 Å². The predicted octanol–water partition coefficient (Wildman–Crippen LogP) is 3.69. The van der Waals surface area contributed by atoms with Gasteiger partial charge in [-0.2, -0.15) is 0 Å². The van der Waals surface area contributed by atoms with Crippen molar-refractivity contribution in [2.75, 3.05) is 0 Å². The van der Waals surface area contributed by atoms with Gasteiger partial charge in [-0.15, -0.1) is 0 Å². The van der Waals surface area contributed by atoms with Crippen LogP contribution in [0.3, 0.4) is 0 Å². The number of benzene rings is 2. The molecule has 0 saturated heterocycles. The Morgan fingerprint density at radius 2 is 1.74 bits per heavy atom. The van der Waals surface area contributed by atoms with Gasteiger partial charge in [-0.05, 0) is 43.0 Å². The summed E-state index contributed by atoms with van der Waals surface area (Å²) in [5.41, 5.74) is 7.85. The molecule has 0 heterocycles. The van der Waals surface area contributed by atoms with E-state index in [-0.39, 0.29) is 6.42 Å². The van der Waals surface area contributed by atoms with Crippen LogP contribution in [0, 0.1) is 18.6 Å². The Labute approximate surface area is 112 Å². The molecule has 2 rings (SSSR count). The van der Waals surface area contributed by atoms with E-state index in [4.69, 9.17) is 5.73 Å². The molecule has 0 amide bonds. The first-order valence-corrected chi connectivity index (χ1v) is 6.20. The summed E-state index contributed by atoms with van der Waals surface area (Å²) >= 11 is 0. The first kappa shape index (κ1) is 13.7. The third-order valence-corrected chi connectivity index (χ3v) is 3.35. The lowest BCUT2D eigenvalue weighted by atomic mass is 9.84. The van der Waals surface area contributed by atoms with Crippen LogP contribution in [0.4, 0.5) is 8.78 Å². The molecular weight excluding hydrogens is 244 g/mol. The Kier molecular flexibility index (Phi) is 3.67. The Morgan fingerprint density at radius 1 is 1.05 bits per heavy atom. The number of halogens is 2. The molecule has 100 valence electrons. The number of hydrogen-bond acceptors (Lipinski definition) is 1. The zero-order valence-corrected chi connectivity index (χ0v) is 11.1. The van der Waals surface area contributed by atoms with Crippen LogP contribution in [0.2, 0.25) is 0 Å². The molecule has 3 heteroatoms. The molecule has 0 aromatic heterocycles. The fourth-order valence-electron chi connectivity index (χ4n) is 2.39. The van der Waals surface area contributed by atoms with Gasteiger partial charge >= 0.3 is 0 Å². The Bertz CT molecular complexity index is 591. The minimum Gasteiger partial charge on any atom is -0.321 e. The average Bonchev–Trinajstić information content (AvgIpc) is 2.35. The predicted molar refractivity (Wildman–Crippen MR) is 72.8 cm³/mol. The second kappa shape index (κ2) is 5.10. The summed E-state index contributed by atoms with van der Waals surface area (Å²) in [5.74, 6) is -1.65. The van der Waals surface area contributed by atoms with E-state index in [2.05, 4.69) is 0 Å². The fourth-order valence-corrected chi connectivity index (χ4v) is 2.39. The number of hydrogen-bond donors (Lipinski definition) is 1. The van der Waals surface area contributed by atoms with Crippen LogP contribution >= 0.6 is 0 Å². The highest BCUT2D eigenvalue weighted by Gasteiger charge is 2.25. The lowest BCUT2D eigenvalue weighted by Gasteiger charge is -2.27. The number of nitrogens with two attached hydrogens (primary N) is 1. The van der Waals surface area contributed by atoms with Crippen LogP contribution in [0.1, 0.15) is 23.6 Å². The van der Waals surface area contributed by atoms with Crippen molar-refractivity contribution in [3.63, 3.8) is 0 Å². The van der Waals surface area contributed by atoms with E-state index in [1.807, 2.05) is 38.1 Å². The van der Waals surface area contributed by atoms with E-state index in [0.717, 1.165) is 17.2 Å². The molecule has 0 aliphatic rings. The first-order valence-electron chi connectivity index (χ1n) is 6.20. The minimum absolute atomic E-state index is 0.251. The Balaban J connectivity index is 2.36. The molecule has 0 saturated carbocycles. The van der Waals surface area contributed by atoms with Gasteiger partial charge in [0.15, 0.2) is 11.6 Å². The Hall–Kier alpha value is -1.74. The molecule has 1 nitrogen and oxygen atoms in total. The standard InChI is InChI=1S/C16H17F2N/c1-11-6-3-4-8-13(11)16(2,19)10-12-7-5-9-14(17)15(12)18/h3-9H,10,19H2,1-2H3. The molecule has 0 fully saturated rings. The molecule has 0 bridgehead atoms. The SMILES string of the molecule is Cc1ccccc1C(C)(N)Cc1cccc(F)c1F. The summed E-state index contributed by atoms with van der Waals surface area (Å²) in [6, 6.07) is 11.9. The maximum Gasteiger partial charge on any atom is 0.162 e. The summed E-state index contributed by atoms with van der Waals surface area (Å²) in [6.07, 6.45) is 0.251. The van der Waals surface area contributed by atoms with Crippen molar-refractivity contribution in [3.05, 3.63) is 70.8 Å². The molecule has 19 heavy (non-hydrogen) atoms. The van der Waals surface area contributed by atoms with Crippen molar-refractivity contribution in [2.45, 2.75) is 25.8 Å². The second-order valence-electron chi connectivity index (χ2n) is 5.12. The van der Waals surface area contributed by atoms with Gasteiger partial charge in [0.1, 0.15) is 0 Å². The van der Waals surface area contributed by atoms with Crippen molar-refractivity contribution < 1.29 is 8.78 Å². The van der Waals surface area contributed by atoms with Crippen molar-refractivity contribution in [1.82, 2.24) is 0 Å². The van der Waals surface area contributed by atoms with E-state index in [0.29, 0.717) is 5.56 Å². The number of rotatable bonds is 3. The van der Waals surface area contributed by atoms with E-state index in [1.54, 1.807) is 6.07 Å². The molecule has 0 aliphatic carbocycles. The Morgan fingerprint density at radius 3 is 2.42 bits per heavy atom. The van der Waals surface area contributed by atoms with Crippen LogP contribution in [0.5, 0.6) is 0 Å². The van der Waals surface area contributed by atoms with E-state index < -0.39 is 17.2 Å². The van der Waals surface area contributed by atoms with Gasteiger partial charge < -0.3 is 5.73 Å². The van der Waals surface area contributed by atoms with Crippen molar-refractivity contribution in [1.29, 1.82) is 0 Å². The maximum atomic E-state index is 13.7. The molecular formula is C16H17F2N. The van der Waals surface area contributed by atoms with Crippen LogP contribution in [-0.2, 0) is 12.0 Å². The van der Waals surface area contributed by atoms with E-state index >= 15 is 0 Å². The topological polar surface area (TPSA) is 26.0 Å². The van der Waals surface area contributed by atoms with Crippen molar-refractivity contribution in [3.8, 4) is 0 Å². The van der Waals surface area contributed by atoms with Crippen LogP contribution < -0.4 is 5.73 Å². The van der Waals surface area contributed by atoms with Crippen LogP contribution in [0.15, 0.2) is 42.5 Å². The van der Waals surface area contributed by atoms with Gasteiger partial charge in [0, 0.05) is 5.54 Å². The monoisotopic (exact) mass is 261 g/mol. The summed E-state index contributed by atoms with van der Waals surface area (Å²) in [5, 5.41) is 0. The van der Waals surface area contributed by atoms with E-state index in [9.17, 15) is 8.78 Å². The van der Waals surface area contributed by atoms with Gasteiger partial charge in [0.25, 0.3) is 0 Å². The summed E-state index contributed by atoms with van der Waals surface area (Å²) in [4.78, 5) is 0. The van der Waals surface area contributed by atoms with E-state index in [1.165, 1.54) is 6.07 Å². The summed E-state index contributed by atoms with van der Waals surface area (Å²) < 4.78 is 26.9. The van der Waals surface area contributed by atoms with Crippen LogP contribution in [0.25, 0.3) is 0 Å². The highest BCUT2D eigenvalue weighted by Crippen LogP contribution is 2.27. The molecule has 2 aromatic carbocycles. The molecule has 0 radical (unpaired) electrons. The second-order valence-corrected chi connectivity index (χ2v) is 5.12. The normalized spacial score (nSPS) is 14.2. The largest absolute Gasteiger partial charge is 0.321 e. The molecule has 0 spiro atoms. The quantitative estimate of drug-likeness (QED) is 0.896. The molecule has 0 aliphatic heterocycles. The zero-order valence-electron chi connectivity index (χ0n) is 11.1. The third kappa shape index (κ3) is 2.82. The summed E-state index contributed by atoms with van der Waals surface area (Å²) in [6.45, 7) is 3.79. The fraction of sp³-hybridized carbons (Fsp3) is 0.250. The van der Waals surface area contributed by atoms with Gasteiger partial charge in [-0.25, -0.2) is 8.78 Å². The van der Waals surface area contributed by atoms with Crippen molar-refractivity contribution in [2.24, 2.45) is 5.73 Å². The van der Waals surface area contributed by atoms with Gasteiger partial charge in [0.2, 0.25) is 0 Å². The minimum atomic E-state index is -0.835. The molecule has 1 unspecified atom stereocenters. The van der Waals surface area contributed by atoms with Crippen LogP contribution in [-0.4, -0.2) is 0 Å². The average molecular weight is 261 g/mol. The zero-order chi connectivity index (χ0) is 14.0. The summed E-state index contributed by atoms with van der Waals surface area (Å²) in [7, 11) is 0. The van der Waals surface area contributed by atoms with Gasteiger partial charge in [-0.1, -0.05) is 36.4 Å². The van der Waals surface area contributed by atoms with Gasteiger partial charge in [0.05, 0.1) is 0 Å². The molecule has 2 aromatic rings. The lowest BCUT2D eigenvalue weighted by Crippen LogP contribution is -2.36. The molecule has 2 N–H and O–H groups in total. The lowest BCUT2D eigenvalue weighted by molar-refractivity contribution is 0.452. The highest BCUT2D eigenvalue weighted by atomic mass is 19.2. The first-order chi connectivity index (χ1) is 8.92. The molecule has 1 atom stereocenters. The van der Waals surface area contributed by atoms with Crippen molar-refractivity contribution >= 4 is 0 Å². The number of aryl methyl sites for hydroxylation is 1. The maximum absolute atomic E-state index is 13.7. The highest BCUT2D eigenvalue weighted by molar-refractivity contribution is 5.34. The third-order valence-electron chi connectivity index (χ3n) is 3.35. The smallest absolute Gasteiger partial charge is 0.162 e.